The van der Waals surface area contributed by atoms with Crippen LogP contribution in [0.4, 0.5) is 10.6 Å². The van der Waals surface area contributed by atoms with Gasteiger partial charge in [0.25, 0.3) is 0 Å². The van der Waals surface area contributed by atoms with Gasteiger partial charge in [0.1, 0.15) is 5.82 Å². The van der Waals surface area contributed by atoms with E-state index in [2.05, 4.69) is 15.2 Å². The third kappa shape index (κ3) is 4.10. The van der Waals surface area contributed by atoms with Crippen molar-refractivity contribution >= 4 is 11.9 Å². The highest BCUT2D eigenvalue weighted by atomic mass is 16.5. The van der Waals surface area contributed by atoms with Crippen LogP contribution in [-0.4, -0.2) is 44.0 Å². The Morgan fingerprint density at radius 3 is 2.89 bits per heavy atom. The Balaban J connectivity index is 1.85. The second-order valence-electron chi connectivity index (χ2n) is 4.20. The lowest BCUT2D eigenvalue weighted by Gasteiger charge is -2.27. The molecule has 0 aromatic carbocycles. The molecular weight excluding hydrogens is 246 g/mol. The Kier molecular flexibility index (Phi) is 4.97. The summed E-state index contributed by atoms with van der Waals surface area (Å²) >= 11 is 0. The first-order chi connectivity index (χ1) is 9.29. The number of morpholine rings is 1. The zero-order chi connectivity index (χ0) is 13.5. The van der Waals surface area contributed by atoms with Crippen molar-refractivity contribution in [3.8, 4) is 0 Å². The number of hydrogen-bond acceptors (Lipinski definition) is 5. The van der Waals surface area contributed by atoms with Gasteiger partial charge in [0, 0.05) is 25.8 Å². The largest absolute Gasteiger partial charge is 0.450 e. The van der Waals surface area contributed by atoms with E-state index in [9.17, 15) is 4.79 Å². The number of alkyl carbamates (subject to hydrolysis) is 1. The SMILES string of the molecule is CCOC(=O)NCc1ccc(N2CCOCC2)nc1. The first kappa shape index (κ1) is 13.6. The van der Waals surface area contributed by atoms with E-state index in [0.717, 1.165) is 37.7 Å². The van der Waals surface area contributed by atoms with Gasteiger partial charge in [-0.05, 0) is 18.6 Å². The van der Waals surface area contributed by atoms with Crippen LogP contribution in [0.1, 0.15) is 12.5 Å². The number of carbonyl (C=O) groups excluding carboxylic acids is 1. The lowest BCUT2D eigenvalue weighted by molar-refractivity contribution is 0.122. The number of rotatable bonds is 4. The van der Waals surface area contributed by atoms with Crippen LogP contribution in [0.25, 0.3) is 0 Å². The van der Waals surface area contributed by atoms with Crippen LogP contribution < -0.4 is 10.2 Å². The van der Waals surface area contributed by atoms with Crippen molar-refractivity contribution < 1.29 is 14.3 Å². The van der Waals surface area contributed by atoms with Crippen molar-refractivity contribution in [3.63, 3.8) is 0 Å². The van der Waals surface area contributed by atoms with Crippen molar-refractivity contribution in [2.24, 2.45) is 0 Å². The molecule has 0 aliphatic carbocycles. The fourth-order valence-corrected chi connectivity index (χ4v) is 1.86. The molecule has 1 aliphatic rings. The first-order valence-electron chi connectivity index (χ1n) is 6.48. The van der Waals surface area contributed by atoms with Gasteiger partial charge in [-0.3, -0.25) is 0 Å². The molecule has 0 spiro atoms. The van der Waals surface area contributed by atoms with E-state index in [0.29, 0.717) is 13.2 Å². The predicted octanol–water partition coefficient (Wildman–Crippen LogP) is 1.16. The van der Waals surface area contributed by atoms with Crippen molar-refractivity contribution in [2.45, 2.75) is 13.5 Å². The average molecular weight is 265 g/mol. The topological polar surface area (TPSA) is 63.7 Å². The zero-order valence-electron chi connectivity index (χ0n) is 11.1. The van der Waals surface area contributed by atoms with E-state index < -0.39 is 6.09 Å². The van der Waals surface area contributed by atoms with Crippen LogP contribution in [0.15, 0.2) is 18.3 Å². The summed E-state index contributed by atoms with van der Waals surface area (Å²) in [6, 6.07) is 3.93. The van der Waals surface area contributed by atoms with Crippen LogP contribution >= 0.6 is 0 Å². The minimum Gasteiger partial charge on any atom is -0.450 e. The van der Waals surface area contributed by atoms with Gasteiger partial charge < -0.3 is 19.7 Å². The molecule has 1 N–H and O–H groups in total. The number of carbonyl (C=O) groups is 1. The first-order valence-corrected chi connectivity index (χ1v) is 6.48. The minimum atomic E-state index is -0.403. The maximum Gasteiger partial charge on any atom is 0.407 e. The Morgan fingerprint density at radius 2 is 2.26 bits per heavy atom. The molecule has 2 rings (SSSR count). The van der Waals surface area contributed by atoms with E-state index in [1.807, 2.05) is 12.1 Å². The number of nitrogens with one attached hydrogen (secondary N) is 1. The monoisotopic (exact) mass is 265 g/mol. The Labute approximate surface area is 112 Å². The van der Waals surface area contributed by atoms with E-state index >= 15 is 0 Å². The summed E-state index contributed by atoms with van der Waals surface area (Å²) in [5, 5.41) is 2.66. The lowest BCUT2D eigenvalue weighted by Crippen LogP contribution is -2.36. The average Bonchev–Trinajstić information content (AvgIpc) is 2.47. The molecule has 2 heterocycles. The van der Waals surface area contributed by atoms with Crippen LogP contribution in [0.5, 0.6) is 0 Å². The lowest BCUT2D eigenvalue weighted by atomic mass is 10.2. The number of ether oxygens (including phenoxy) is 2. The summed E-state index contributed by atoms with van der Waals surface area (Å²) in [6.45, 7) is 5.80. The molecule has 0 radical (unpaired) electrons. The standard InChI is InChI=1S/C13H19N3O3/c1-2-19-13(17)15-10-11-3-4-12(14-9-11)16-5-7-18-8-6-16/h3-4,9H,2,5-8,10H2,1H3,(H,15,17). The summed E-state index contributed by atoms with van der Waals surface area (Å²) in [6.07, 6.45) is 1.37. The third-order valence-electron chi connectivity index (χ3n) is 2.86. The number of hydrogen-bond donors (Lipinski definition) is 1. The smallest absolute Gasteiger partial charge is 0.407 e. The van der Waals surface area contributed by atoms with Gasteiger partial charge in [0.05, 0.1) is 19.8 Å². The fourth-order valence-electron chi connectivity index (χ4n) is 1.86. The summed E-state index contributed by atoms with van der Waals surface area (Å²) in [5.74, 6) is 0.947. The summed E-state index contributed by atoms with van der Waals surface area (Å²) in [7, 11) is 0. The molecule has 6 nitrogen and oxygen atoms in total. The van der Waals surface area contributed by atoms with Gasteiger partial charge in [-0.2, -0.15) is 0 Å². The second-order valence-corrected chi connectivity index (χ2v) is 4.20. The molecule has 1 fully saturated rings. The van der Waals surface area contributed by atoms with Crippen molar-refractivity contribution in [1.82, 2.24) is 10.3 Å². The van der Waals surface area contributed by atoms with Gasteiger partial charge in [0.15, 0.2) is 0 Å². The normalized spacial score (nSPS) is 15.1. The van der Waals surface area contributed by atoms with Crippen molar-refractivity contribution in [3.05, 3.63) is 23.9 Å². The maximum absolute atomic E-state index is 11.2. The second kappa shape index (κ2) is 6.94. The molecule has 0 saturated carbocycles. The molecule has 0 bridgehead atoms. The predicted molar refractivity (Wildman–Crippen MR) is 71.1 cm³/mol. The summed E-state index contributed by atoms with van der Waals surface area (Å²) < 4.78 is 10.1. The number of amides is 1. The fraction of sp³-hybridized carbons (Fsp3) is 0.538. The number of pyridine rings is 1. The molecule has 1 aromatic rings. The van der Waals surface area contributed by atoms with Crippen LogP contribution in [0, 0.1) is 0 Å². The number of aromatic nitrogens is 1. The van der Waals surface area contributed by atoms with Gasteiger partial charge in [-0.1, -0.05) is 6.07 Å². The summed E-state index contributed by atoms with van der Waals surface area (Å²) in [5.41, 5.74) is 0.949. The molecule has 0 unspecified atom stereocenters. The molecule has 1 aromatic heterocycles. The van der Waals surface area contributed by atoms with Gasteiger partial charge in [0.2, 0.25) is 0 Å². The van der Waals surface area contributed by atoms with Gasteiger partial charge in [-0.15, -0.1) is 0 Å². The van der Waals surface area contributed by atoms with E-state index in [4.69, 9.17) is 9.47 Å². The minimum absolute atomic E-state index is 0.375. The maximum atomic E-state index is 11.2. The Hall–Kier alpha value is -1.82. The Bertz CT molecular complexity index is 402. The Morgan fingerprint density at radius 1 is 1.47 bits per heavy atom. The molecule has 1 amide bonds. The van der Waals surface area contributed by atoms with Crippen molar-refractivity contribution in [1.29, 1.82) is 0 Å². The summed E-state index contributed by atoms with van der Waals surface area (Å²) in [4.78, 5) is 17.7. The highest BCUT2D eigenvalue weighted by molar-refractivity contribution is 5.67. The molecule has 6 heteroatoms. The van der Waals surface area contributed by atoms with Gasteiger partial charge >= 0.3 is 6.09 Å². The van der Waals surface area contributed by atoms with Crippen LogP contribution in [0.2, 0.25) is 0 Å². The molecule has 19 heavy (non-hydrogen) atoms. The molecule has 0 atom stereocenters. The number of nitrogens with zero attached hydrogens (tertiary/aromatic N) is 2. The number of anilines is 1. The molecular formula is C13H19N3O3. The zero-order valence-corrected chi connectivity index (χ0v) is 11.1. The van der Waals surface area contributed by atoms with E-state index in [-0.39, 0.29) is 0 Å². The molecule has 104 valence electrons. The molecule has 1 aliphatic heterocycles. The van der Waals surface area contributed by atoms with Crippen molar-refractivity contribution in [2.75, 3.05) is 37.8 Å². The highest BCUT2D eigenvalue weighted by Gasteiger charge is 2.11. The quantitative estimate of drug-likeness (QED) is 0.885. The van der Waals surface area contributed by atoms with Gasteiger partial charge in [-0.25, -0.2) is 9.78 Å². The highest BCUT2D eigenvalue weighted by Crippen LogP contribution is 2.12. The van der Waals surface area contributed by atoms with E-state index in [1.54, 1.807) is 13.1 Å². The molecule has 1 saturated heterocycles. The third-order valence-corrected chi connectivity index (χ3v) is 2.86. The van der Waals surface area contributed by atoms with Crippen LogP contribution in [0.3, 0.4) is 0 Å². The van der Waals surface area contributed by atoms with Crippen LogP contribution in [-0.2, 0) is 16.0 Å². The van der Waals surface area contributed by atoms with E-state index in [1.165, 1.54) is 0 Å².